The molecular formula is C11H18N4O. The molecule has 0 bridgehead atoms. The van der Waals surface area contributed by atoms with Crippen molar-refractivity contribution < 1.29 is 4.74 Å². The van der Waals surface area contributed by atoms with Crippen LogP contribution in [-0.2, 0) is 4.74 Å². The summed E-state index contributed by atoms with van der Waals surface area (Å²) in [7, 11) is 0. The monoisotopic (exact) mass is 222 g/mol. The second-order valence-electron chi connectivity index (χ2n) is 4.06. The minimum Gasteiger partial charge on any atom is -0.479 e. The van der Waals surface area contributed by atoms with Crippen molar-refractivity contribution in [1.82, 2.24) is 5.32 Å². The van der Waals surface area contributed by atoms with Gasteiger partial charge >= 0.3 is 0 Å². The number of rotatable bonds is 4. The first-order valence-corrected chi connectivity index (χ1v) is 5.85. The number of nitrogens with one attached hydrogen (secondary N) is 1. The van der Waals surface area contributed by atoms with Crippen LogP contribution in [0.15, 0.2) is 15.0 Å². The number of aliphatic imine (C=N–C) groups is 3. The minimum absolute atomic E-state index is 0.000591. The molecule has 2 unspecified atom stereocenters. The molecule has 0 aliphatic carbocycles. The van der Waals surface area contributed by atoms with Gasteiger partial charge in [0, 0.05) is 0 Å². The van der Waals surface area contributed by atoms with Gasteiger partial charge in [-0.05, 0) is 5.92 Å². The average Bonchev–Trinajstić information content (AvgIpc) is 2.79. The zero-order valence-corrected chi connectivity index (χ0v) is 9.76. The predicted octanol–water partition coefficient (Wildman–Crippen LogP) is 1.21. The largest absolute Gasteiger partial charge is 0.479 e. The van der Waals surface area contributed by atoms with E-state index in [0.717, 1.165) is 19.4 Å². The maximum atomic E-state index is 5.76. The van der Waals surface area contributed by atoms with Crippen molar-refractivity contribution in [2.24, 2.45) is 20.9 Å². The third-order valence-corrected chi connectivity index (χ3v) is 3.07. The van der Waals surface area contributed by atoms with Gasteiger partial charge in [-0.1, -0.05) is 26.7 Å². The summed E-state index contributed by atoms with van der Waals surface area (Å²) >= 11 is 0. The van der Waals surface area contributed by atoms with Crippen LogP contribution in [0.4, 0.5) is 0 Å². The van der Waals surface area contributed by atoms with Crippen molar-refractivity contribution >= 4 is 18.6 Å². The van der Waals surface area contributed by atoms with E-state index in [1.807, 2.05) is 0 Å². The normalized spacial score (nSPS) is 26.6. The third kappa shape index (κ3) is 2.23. The Bertz CT molecular complexity index is 320. The van der Waals surface area contributed by atoms with Crippen molar-refractivity contribution in [1.29, 1.82) is 0 Å². The summed E-state index contributed by atoms with van der Waals surface area (Å²) in [5.41, 5.74) is 0. The Morgan fingerprint density at radius 1 is 1.38 bits per heavy atom. The van der Waals surface area contributed by atoms with E-state index in [9.17, 15) is 0 Å². The van der Waals surface area contributed by atoms with Crippen LogP contribution in [0, 0.1) is 5.92 Å². The van der Waals surface area contributed by atoms with Crippen molar-refractivity contribution in [3.63, 3.8) is 0 Å². The van der Waals surface area contributed by atoms with E-state index in [0.29, 0.717) is 11.8 Å². The number of hydrogen-bond donors (Lipinski definition) is 1. The highest BCUT2D eigenvalue weighted by molar-refractivity contribution is 5.93. The van der Waals surface area contributed by atoms with Crippen LogP contribution in [0.1, 0.15) is 26.7 Å². The van der Waals surface area contributed by atoms with Crippen LogP contribution < -0.4 is 5.32 Å². The quantitative estimate of drug-likeness (QED) is 0.777. The number of ether oxygens (including phenoxy) is 1. The van der Waals surface area contributed by atoms with Gasteiger partial charge in [0.15, 0.2) is 6.17 Å². The van der Waals surface area contributed by atoms with E-state index in [1.165, 1.54) is 6.34 Å². The van der Waals surface area contributed by atoms with Crippen molar-refractivity contribution in [2.45, 2.75) is 38.9 Å². The van der Waals surface area contributed by atoms with E-state index >= 15 is 0 Å². The van der Waals surface area contributed by atoms with Crippen LogP contribution in [0.5, 0.6) is 0 Å². The van der Waals surface area contributed by atoms with Gasteiger partial charge in [0.2, 0.25) is 5.90 Å². The van der Waals surface area contributed by atoms with Crippen molar-refractivity contribution in [2.75, 3.05) is 6.61 Å². The highest BCUT2D eigenvalue weighted by atomic mass is 16.5. The predicted molar refractivity (Wildman–Crippen MR) is 65.2 cm³/mol. The highest BCUT2D eigenvalue weighted by Crippen LogP contribution is 2.14. The molecule has 5 nitrogen and oxygen atoms in total. The lowest BCUT2D eigenvalue weighted by atomic mass is 10.1. The average molecular weight is 222 g/mol. The first kappa shape index (κ1) is 11.1. The van der Waals surface area contributed by atoms with Gasteiger partial charge in [-0.15, -0.1) is 0 Å². The molecule has 16 heavy (non-hydrogen) atoms. The van der Waals surface area contributed by atoms with Crippen LogP contribution in [0.3, 0.4) is 0 Å². The summed E-state index contributed by atoms with van der Waals surface area (Å²) < 4.78 is 5.76. The fourth-order valence-electron chi connectivity index (χ4n) is 1.79. The number of nitrogens with zero attached hydrogens (tertiary/aromatic N) is 3. The third-order valence-electron chi connectivity index (χ3n) is 3.07. The number of hydrogen-bond acceptors (Lipinski definition) is 5. The summed E-state index contributed by atoms with van der Waals surface area (Å²) in [4.78, 5) is 12.5. The molecule has 5 heteroatoms. The molecule has 0 saturated heterocycles. The second-order valence-corrected chi connectivity index (χ2v) is 4.06. The molecule has 0 aromatic carbocycles. The van der Waals surface area contributed by atoms with Gasteiger partial charge in [0.1, 0.15) is 12.4 Å². The van der Waals surface area contributed by atoms with Gasteiger partial charge in [0.25, 0.3) is 0 Å². The van der Waals surface area contributed by atoms with Gasteiger partial charge in [0.05, 0.1) is 12.9 Å². The lowest BCUT2D eigenvalue weighted by molar-refractivity contribution is 0.217. The molecule has 0 aromatic heterocycles. The smallest absolute Gasteiger partial charge is 0.216 e. The van der Waals surface area contributed by atoms with E-state index in [4.69, 9.17) is 4.74 Å². The first-order chi connectivity index (χ1) is 7.85. The van der Waals surface area contributed by atoms with E-state index < -0.39 is 0 Å². The molecule has 2 aliphatic rings. The maximum absolute atomic E-state index is 5.76. The second kappa shape index (κ2) is 5.09. The molecule has 2 rings (SSSR count). The Morgan fingerprint density at radius 2 is 2.19 bits per heavy atom. The fourth-order valence-corrected chi connectivity index (χ4v) is 1.79. The minimum atomic E-state index is -0.0887. The lowest BCUT2D eigenvalue weighted by Gasteiger charge is -2.22. The Morgan fingerprint density at radius 3 is 2.94 bits per heavy atom. The van der Waals surface area contributed by atoms with E-state index in [2.05, 4.69) is 34.1 Å². The Balaban J connectivity index is 1.90. The first-order valence-electron chi connectivity index (χ1n) is 5.85. The Hall–Kier alpha value is -1.39. The molecule has 0 spiro atoms. The van der Waals surface area contributed by atoms with Gasteiger partial charge < -0.3 is 10.1 Å². The molecule has 2 heterocycles. The molecule has 2 atom stereocenters. The van der Waals surface area contributed by atoms with Crippen LogP contribution in [0.25, 0.3) is 0 Å². The summed E-state index contributed by atoms with van der Waals surface area (Å²) in [6, 6.07) is -0.000591. The van der Waals surface area contributed by atoms with Gasteiger partial charge in [-0.3, -0.25) is 0 Å². The lowest BCUT2D eigenvalue weighted by Crippen LogP contribution is -2.42. The van der Waals surface area contributed by atoms with Gasteiger partial charge in [-0.25, -0.2) is 15.0 Å². The molecule has 0 amide bonds. The highest BCUT2D eigenvalue weighted by Gasteiger charge is 2.31. The molecule has 1 N–H and O–H groups in total. The standard InChI is InChI=1S/C11H18N4O/c1-3-8(4-2)5-16-11-9-10(13-6-12-9)14-7-15-11/h6-10H,3-5H2,1-2H3,(H,12,13). The van der Waals surface area contributed by atoms with E-state index in [-0.39, 0.29) is 12.2 Å². The molecule has 0 aromatic rings. The summed E-state index contributed by atoms with van der Waals surface area (Å²) in [5, 5.41) is 3.11. The Kier molecular flexibility index (Phi) is 3.54. The fraction of sp³-hybridized carbons (Fsp3) is 0.727. The molecule has 2 aliphatic heterocycles. The molecular weight excluding hydrogens is 204 g/mol. The maximum Gasteiger partial charge on any atom is 0.216 e. The summed E-state index contributed by atoms with van der Waals surface area (Å²) in [5.74, 6) is 1.31. The topological polar surface area (TPSA) is 58.3 Å². The van der Waals surface area contributed by atoms with Crippen LogP contribution in [0.2, 0.25) is 0 Å². The molecule has 0 radical (unpaired) electrons. The van der Waals surface area contributed by atoms with Gasteiger partial charge in [-0.2, -0.15) is 0 Å². The van der Waals surface area contributed by atoms with Crippen molar-refractivity contribution in [3.8, 4) is 0 Å². The molecule has 0 fully saturated rings. The van der Waals surface area contributed by atoms with Crippen LogP contribution in [-0.4, -0.2) is 37.4 Å². The van der Waals surface area contributed by atoms with Crippen molar-refractivity contribution in [3.05, 3.63) is 0 Å². The molecule has 88 valence electrons. The van der Waals surface area contributed by atoms with Crippen LogP contribution >= 0.6 is 0 Å². The SMILES string of the molecule is CCC(CC)COC1=NC=NC2N=CNC12. The zero-order chi connectivity index (χ0) is 11.4. The van der Waals surface area contributed by atoms with E-state index in [1.54, 1.807) is 6.34 Å². The number of fused-ring (bicyclic) bond motifs is 1. The zero-order valence-electron chi connectivity index (χ0n) is 9.76. The molecule has 0 saturated carbocycles. The summed E-state index contributed by atoms with van der Waals surface area (Å²) in [6.07, 6.45) is 5.39. The summed E-state index contributed by atoms with van der Waals surface area (Å²) in [6.45, 7) is 5.09. The Labute approximate surface area is 95.7 Å².